The number of ether oxygens (including phenoxy) is 3. The molecule has 0 aromatic heterocycles. The Morgan fingerprint density at radius 3 is 2.41 bits per heavy atom. The minimum absolute atomic E-state index is 0.175. The molecule has 4 nitrogen and oxygen atoms in total. The Morgan fingerprint density at radius 1 is 1.41 bits per heavy atom. The van der Waals surface area contributed by atoms with Crippen LogP contribution in [0.2, 0.25) is 0 Å². The van der Waals surface area contributed by atoms with E-state index in [2.05, 4.69) is 0 Å². The van der Waals surface area contributed by atoms with E-state index in [-0.39, 0.29) is 5.97 Å². The van der Waals surface area contributed by atoms with Crippen LogP contribution in [-0.4, -0.2) is 31.1 Å². The zero-order valence-corrected chi connectivity index (χ0v) is 11.8. The maximum atomic E-state index is 12.0. The first kappa shape index (κ1) is 14.5. The molecule has 0 saturated carbocycles. The number of hydrogen-bond donors (Lipinski definition) is 0. The molecule has 17 heavy (non-hydrogen) atoms. The number of carbonyl (C=O) groups excluding carboxylic acids is 1. The third-order valence-electron chi connectivity index (χ3n) is 3.59. The third kappa shape index (κ3) is 3.19. The molecule has 1 fully saturated rings. The highest BCUT2D eigenvalue weighted by Gasteiger charge is 2.48. The van der Waals surface area contributed by atoms with Crippen LogP contribution in [0.5, 0.6) is 0 Å². The van der Waals surface area contributed by atoms with E-state index in [1.807, 2.05) is 34.6 Å². The lowest BCUT2D eigenvalue weighted by molar-refractivity contribution is -0.178. The minimum Gasteiger partial charge on any atom is -0.456 e. The maximum Gasteiger partial charge on any atom is 0.312 e. The van der Waals surface area contributed by atoms with Gasteiger partial charge in [-0.15, -0.1) is 0 Å². The van der Waals surface area contributed by atoms with Gasteiger partial charge >= 0.3 is 5.97 Å². The Hall–Kier alpha value is -0.610. The van der Waals surface area contributed by atoms with E-state index in [1.165, 1.54) is 0 Å². The number of rotatable bonds is 4. The Kier molecular flexibility index (Phi) is 3.89. The van der Waals surface area contributed by atoms with Crippen LogP contribution in [0.15, 0.2) is 0 Å². The van der Waals surface area contributed by atoms with Crippen molar-refractivity contribution in [3.8, 4) is 0 Å². The van der Waals surface area contributed by atoms with Gasteiger partial charge in [0.05, 0.1) is 12.0 Å². The van der Waals surface area contributed by atoms with Crippen molar-refractivity contribution in [3.63, 3.8) is 0 Å². The van der Waals surface area contributed by atoms with E-state index >= 15 is 0 Å². The summed E-state index contributed by atoms with van der Waals surface area (Å²) >= 11 is 0. The molecule has 100 valence electrons. The Labute approximate surface area is 104 Å². The van der Waals surface area contributed by atoms with E-state index in [1.54, 1.807) is 7.11 Å². The van der Waals surface area contributed by atoms with Crippen molar-refractivity contribution in [3.05, 3.63) is 0 Å². The van der Waals surface area contributed by atoms with Gasteiger partial charge in [0.15, 0.2) is 5.79 Å². The largest absolute Gasteiger partial charge is 0.456 e. The quantitative estimate of drug-likeness (QED) is 0.713. The molecule has 0 N–H and O–H groups in total. The van der Waals surface area contributed by atoms with Crippen LogP contribution < -0.4 is 0 Å². The van der Waals surface area contributed by atoms with Gasteiger partial charge in [0.25, 0.3) is 0 Å². The number of hydrogen-bond acceptors (Lipinski definition) is 4. The second-order valence-corrected chi connectivity index (χ2v) is 5.88. The average Bonchev–Trinajstić information content (AvgIpc) is 2.55. The van der Waals surface area contributed by atoms with Gasteiger partial charge in [-0.3, -0.25) is 4.79 Å². The van der Waals surface area contributed by atoms with Crippen LogP contribution in [0.3, 0.4) is 0 Å². The average molecular weight is 244 g/mol. The van der Waals surface area contributed by atoms with Crippen molar-refractivity contribution in [1.82, 2.24) is 0 Å². The summed E-state index contributed by atoms with van der Waals surface area (Å²) in [5.41, 5.74) is -1.04. The van der Waals surface area contributed by atoms with Crippen LogP contribution in [0.4, 0.5) is 0 Å². The second-order valence-electron chi connectivity index (χ2n) is 5.88. The predicted molar refractivity (Wildman–Crippen MR) is 64.6 cm³/mol. The molecule has 1 rings (SSSR count). The molecule has 1 aliphatic rings. The summed E-state index contributed by atoms with van der Waals surface area (Å²) in [6, 6.07) is 0. The van der Waals surface area contributed by atoms with Gasteiger partial charge < -0.3 is 14.2 Å². The van der Waals surface area contributed by atoms with Crippen LogP contribution in [0.25, 0.3) is 0 Å². The molecule has 0 spiro atoms. The van der Waals surface area contributed by atoms with Crippen molar-refractivity contribution >= 4 is 5.97 Å². The van der Waals surface area contributed by atoms with Crippen molar-refractivity contribution in [2.24, 2.45) is 5.41 Å². The predicted octanol–water partition coefficient (Wildman–Crippen LogP) is 2.51. The zero-order valence-electron chi connectivity index (χ0n) is 11.8. The van der Waals surface area contributed by atoms with Gasteiger partial charge in [0.1, 0.15) is 5.60 Å². The summed E-state index contributed by atoms with van der Waals surface area (Å²) in [6.07, 6.45) is 1.31. The molecule has 0 bridgehead atoms. The molecule has 1 aliphatic heterocycles. The van der Waals surface area contributed by atoms with Gasteiger partial charge in [0, 0.05) is 13.5 Å². The first-order valence-corrected chi connectivity index (χ1v) is 6.09. The van der Waals surface area contributed by atoms with E-state index in [9.17, 15) is 4.79 Å². The summed E-state index contributed by atoms with van der Waals surface area (Å²) in [5.74, 6) is -0.822. The molecule has 1 heterocycles. The van der Waals surface area contributed by atoms with Gasteiger partial charge in [-0.1, -0.05) is 6.92 Å². The highest BCUT2D eigenvalue weighted by Crippen LogP contribution is 2.37. The monoisotopic (exact) mass is 244 g/mol. The van der Waals surface area contributed by atoms with Crippen molar-refractivity contribution < 1.29 is 19.0 Å². The molecular weight excluding hydrogens is 220 g/mol. The van der Waals surface area contributed by atoms with E-state index < -0.39 is 16.8 Å². The number of carbonyl (C=O) groups is 1. The molecule has 0 radical (unpaired) electrons. The van der Waals surface area contributed by atoms with Crippen molar-refractivity contribution in [2.75, 3.05) is 13.7 Å². The topological polar surface area (TPSA) is 44.8 Å². The van der Waals surface area contributed by atoms with E-state index in [0.29, 0.717) is 13.0 Å². The summed E-state index contributed by atoms with van der Waals surface area (Å²) in [4.78, 5) is 12.0. The highest BCUT2D eigenvalue weighted by molar-refractivity contribution is 5.76. The minimum atomic E-state index is -0.647. The zero-order chi connectivity index (χ0) is 13.3. The molecule has 2 atom stereocenters. The van der Waals surface area contributed by atoms with Crippen molar-refractivity contribution in [2.45, 2.75) is 58.8 Å². The first-order valence-electron chi connectivity index (χ1n) is 6.09. The molecule has 4 heteroatoms. The van der Waals surface area contributed by atoms with Crippen LogP contribution in [0.1, 0.15) is 47.5 Å². The van der Waals surface area contributed by atoms with Gasteiger partial charge in [-0.25, -0.2) is 0 Å². The fourth-order valence-electron chi connectivity index (χ4n) is 1.79. The SMILES string of the molecule is CCC(C)(C)C(=O)OC1(C)COC(C)(OC)C1. The number of esters is 1. The lowest BCUT2D eigenvalue weighted by Gasteiger charge is -2.29. The van der Waals surface area contributed by atoms with Crippen LogP contribution >= 0.6 is 0 Å². The summed E-state index contributed by atoms with van der Waals surface area (Å²) in [5, 5.41) is 0. The highest BCUT2D eigenvalue weighted by atomic mass is 16.7. The third-order valence-corrected chi connectivity index (χ3v) is 3.59. The summed E-state index contributed by atoms with van der Waals surface area (Å²) in [7, 11) is 1.60. The first-order chi connectivity index (χ1) is 7.66. The summed E-state index contributed by atoms with van der Waals surface area (Å²) in [6.45, 7) is 9.89. The fourth-order valence-corrected chi connectivity index (χ4v) is 1.79. The lowest BCUT2D eigenvalue weighted by Crippen LogP contribution is -2.39. The van der Waals surface area contributed by atoms with Crippen molar-refractivity contribution in [1.29, 1.82) is 0 Å². The smallest absolute Gasteiger partial charge is 0.312 e. The fraction of sp³-hybridized carbons (Fsp3) is 0.923. The molecule has 0 aromatic rings. The molecule has 0 aliphatic carbocycles. The molecule has 1 saturated heterocycles. The van der Waals surface area contributed by atoms with Gasteiger partial charge in [0.2, 0.25) is 0 Å². The maximum absolute atomic E-state index is 12.0. The Balaban J connectivity index is 2.67. The normalized spacial score (nSPS) is 33.8. The summed E-state index contributed by atoms with van der Waals surface area (Å²) < 4.78 is 16.4. The molecule has 0 amide bonds. The van der Waals surface area contributed by atoms with Crippen LogP contribution in [-0.2, 0) is 19.0 Å². The Bertz CT molecular complexity index is 300. The van der Waals surface area contributed by atoms with Gasteiger partial charge in [-0.05, 0) is 34.1 Å². The molecule has 0 aromatic carbocycles. The molecule has 2 unspecified atom stereocenters. The number of methoxy groups -OCH3 is 1. The Morgan fingerprint density at radius 2 is 2.00 bits per heavy atom. The van der Waals surface area contributed by atoms with Crippen LogP contribution in [0, 0.1) is 5.41 Å². The second kappa shape index (κ2) is 4.58. The van der Waals surface area contributed by atoms with E-state index in [0.717, 1.165) is 6.42 Å². The lowest BCUT2D eigenvalue weighted by atomic mass is 9.90. The van der Waals surface area contributed by atoms with Gasteiger partial charge in [-0.2, -0.15) is 0 Å². The molecular formula is C13H24O4. The standard InChI is InChI=1S/C13H24O4/c1-7-11(2,3)10(14)17-12(4)8-13(5,15-6)16-9-12/h7-9H2,1-6H3. The van der Waals surface area contributed by atoms with E-state index in [4.69, 9.17) is 14.2 Å².